The van der Waals surface area contributed by atoms with Crippen molar-refractivity contribution >= 4 is 23.7 Å². The van der Waals surface area contributed by atoms with Crippen molar-refractivity contribution in [3.63, 3.8) is 0 Å². The molecule has 1 amide bonds. The zero-order valence-corrected chi connectivity index (χ0v) is 11.5. The number of rotatable bonds is 3. The van der Waals surface area contributed by atoms with Gasteiger partial charge in [-0.15, -0.1) is 0 Å². The molecule has 20 heavy (non-hydrogen) atoms. The second-order valence-electron chi connectivity index (χ2n) is 4.23. The van der Waals surface area contributed by atoms with Crippen LogP contribution in [0.3, 0.4) is 0 Å². The molecule has 0 aliphatic carbocycles. The van der Waals surface area contributed by atoms with Crippen LogP contribution in [-0.4, -0.2) is 12.1 Å². The number of hydrogen-bond donors (Lipinski definition) is 1. The zero-order chi connectivity index (χ0) is 14.5. The van der Waals surface area contributed by atoms with Crippen LogP contribution < -0.4 is 5.43 Å². The summed E-state index contributed by atoms with van der Waals surface area (Å²) >= 11 is 5.84. The smallest absolute Gasteiger partial charge is 0.267 e. The van der Waals surface area contributed by atoms with E-state index in [9.17, 15) is 9.18 Å². The molecule has 0 aliphatic heterocycles. The number of aryl methyl sites for hydroxylation is 1. The lowest BCUT2D eigenvalue weighted by Gasteiger charge is -2.01. The summed E-state index contributed by atoms with van der Waals surface area (Å²) in [5.74, 6) is -0.737. The molecule has 0 fully saturated rings. The molecule has 5 heteroatoms. The Morgan fingerprint density at radius 2 is 2.10 bits per heavy atom. The summed E-state index contributed by atoms with van der Waals surface area (Å²) in [4.78, 5) is 11.8. The number of hydrogen-bond acceptors (Lipinski definition) is 2. The standard InChI is InChI=1S/C15H12ClFN2O/c1-10-3-2-4-11(7-10)15(20)19-18-9-12-5-6-13(17)8-14(12)16/h2-9H,1H3,(H,19,20). The molecular weight excluding hydrogens is 279 g/mol. The number of halogens is 2. The maximum absolute atomic E-state index is 12.9. The number of nitrogens with one attached hydrogen (secondary N) is 1. The first-order chi connectivity index (χ1) is 9.56. The molecule has 2 aromatic rings. The van der Waals surface area contributed by atoms with E-state index in [0.717, 1.165) is 5.56 Å². The second-order valence-corrected chi connectivity index (χ2v) is 4.64. The first-order valence-corrected chi connectivity index (χ1v) is 6.29. The summed E-state index contributed by atoms with van der Waals surface area (Å²) in [6, 6.07) is 11.1. The van der Waals surface area contributed by atoms with Crippen LogP contribution in [0.15, 0.2) is 47.6 Å². The predicted octanol–water partition coefficient (Wildman–Crippen LogP) is 3.55. The van der Waals surface area contributed by atoms with Gasteiger partial charge in [-0.2, -0.15) is 5.10 Å². The Balaban J connectivity index is 2.04. The van der Waals surface area contributed by atoms with Gasteiger partial charge in [0.1, 0.15) is 5.82 Å². The minimum atomic E-state index is -0.420. The van der Waals surface area contributed by atoms with E-state index in [1.54, 1.807) is 18.2 Å². The Morgan fingerprint density at radius 3 is 2.80 bits per heavy atom. The molecule has 0 atom stereocenters. The first kappa shape index (κ1) is 14.2. The van der Waals surface area contributed by atoms with Gasteiger partial charge < -0.3 is 0 Å². The lowest BCUT2D eigenvalue weighted by Crippen LogP contribution is -2.17. The Hall–Kier alpha value is -2.20. The van der Waals surface area contributed by atoms with Gasteiger partial charge in [-0.1, -0.05) is 29.3 Å². The maximum Gasteiger partial charge on any atom is 0.271 e. The van der Waals surface area contributed by atoms with Gasteiger partial charge in [0.05, 0.1) is 11.2 Å². The zero-order valence-electron chi connectivity index (χ0n) is 10.7. The number of carbonyl (C=O) groups excluding carboxylic acids is 1. The maximum atomic E-state index is 12.9. The average Bonchev–Trinajstić information content (AvgIpc) is 2.41. The van der Waals surface area contributed by atoms with Crippen LogP contribution in [-0.2, 0) is 0 Å². The molecule has 2 aromatic carbocycles. The third kappa shape index (κ3) is 3.65. The molecule has 2 rings (SSSR count). The van der Waals surface area contributed by atoms with E-state index < -0.39 is 5.82 Å². The molecule has 0 radical (unpaired) electrons. The van der Waals surface area contributed by atoms with Gasteiger partial charge in [-0.3, -0.25) is 4.79 Å². The molecule has 0 aromatic heterocycles. The molecule has 0 spiro atoms. The summed E-state index contributed by atoms with van der Waals surface area (Å²) in [5.41, 5.74) is 4.43. The van der Waals surface area contributed by atoms with Crippen molar-refractivity contribution < 1.29 is 9.18 Å². The van der Waals surface area contributed by atoms with Crippen molar-refractivity contribution in [2.45, 2.75) is 6.92 Å². The predicted molar refractivity (Wildman–Crippen MR) is 77.6 cm³/mol. The fourth-order valence-corrected chi connectivity index (χ4v) is 1.83. The van der Waals surface area contributed by atoms with Crippen molar-refractivity contribution in [2.75, 3.05) is 0 Å². The normalized spacial score (nSPS) is 10.8. The van der Waals surface area contributed by atoms with Crippen molar-refractivity contribution in [3.05, 3.63) is 70.0 Å². The molecule has 0 saturated heterocycles. The van der Waals surface area contributed by atoms with E-state index in [0.29, 0.717) is 11.1 Å². The lowest BCUT2D eigenvalue weighted by molar-refractivity contribution is 0.0955. The van der Waals surface area contributed by atoms with E-state index >= 15 is 0 Å². The highest BCUT2D eigenvalue weighted by Crippen LogP contribution is 2.15. The van der Waals surface area contributed by atoms with Crippen LogP contribution in [0.25, 0.3) is 0 Å². The van der Waals surface area contributed by atoms with E-state index in [4.69, 9.17) is 11.6 Å². The minimum absolute atomic E-state index is 0.235. The van der Waals surface area contributed by atoms with Gasteiger partial charge in [0.25, 0.3) is 5.91 Å². The fraction of sp³-hybridized carbons (Fsp3) is 0.0667. The van der Waals surface area contributed by atoms with Crippen LogP contribution in [0.1, 0.15) is 21.5 Å². The van der Waals surface area contributed by atoms with Gasteiger partial charge >= 0.3 is 0 Å². The largest absolute Gasteiger partial charge is 0.271 e. The molecule has 0 saturated carbocycles. The molecule has 0 bridgehead atoms. The molecule has 0 heterocycles. The Kier molecular flexibility index (Phi) is 4.48. The minimum Gasteiger partial charge on any atom is -0.267 e. The monoisotopic (exact) mass is 290 g/mol. The van der Waals surface area contributed by atoms with Crippen molar-refractivity contribution in [2.24, 2.45) is 5.10 Å². The number of amides is 1. The highest BCUT2D eigenvalue weighted by atomic mass is 35.5. The van der Waals surface area contributed by atoms with Gasteiger partial charge in [0, 0.05) is 11.1 Å². The second kappa shape index (κ2) is 6.30. The molecule has 102 valence electrons. The van der Waals surface area contributed by atoms with Gasteiger partial charge in [-0.05, 0) is 37.3 Å². The molecule has 0 aliphatic rings. The van der Waals surface area contributed by atoms with Gasteiger partial charge in [-0.25, -0.2) is 9.82 Å². The molecule has 0 unspecified atom stereocenters. The van der Waals surface area contributed by atoms with Crippen LogP contribution in [0.2, 0.25) is 5.02 Å². The number of benzene rings is 2. The van der Waals surface area contributed by atoms with Crippen LogP contribution in [0, 0.1) is 12.7 Å². The lowest BCUT2D eigenvalue weighted by atomic mass is 10.1. The Labute approximate surface area is 121 Å². The van der Waals surface area contributed by atoms with E-state index in [1.165, 1.54) is 24.4 Å². The Bertz CT molecular complexity index is 671. The number of carbonyl (C=O) groups is 1. The van der Waals surface area contributed by atoms with Crippen molar-refractivity contribution in [1.82, 2.24) is 5.43 Å². The van der Waals surface area contributed by atoms with E-state index in [2.05, 4.69) is 10.5 Å². The Morgan fingerprint density at radius 1 is 1.30 bits per heavy atom. The average molecular weight is 291 g/mol. The quantitative estimate of drug-likeness (QED) is 0.681. The van der Waals surface area contributed by atoms with Crippen LogP contribution >= 0.6 is 11.6 Å². The van der Waals surface area contributed by atoms with Crippen LogP contribution in [0.5, 0.6) is 0 Å². The third-order valence-electron chi connectivity index (χ3n) is 2.61. The topological polar surface area (TPSA) is 41.5 Å². The summed E-state index contributed by atoms with van der Waals surface area (Å²) in [7, 11) is 0. The number of hydrazone groups is 1. The molecule has 3 nitrogen and oxygen atoms in total. The van der Waals surface area contributed by atoms with Gasteiger partial charge in [0.2, 0.25) is 0 Å². The van der Waals surface area contributed by atoms with Crippen molar-refractivity contribution in [3.8, 4) is 0 Å². The highest BCUT2D eigenvalue weighted by Gasteiger charge is 2.04. The molecular formula is C15H12ClFN2O. The highest BCUT2D eigenvalue weighted by molar-refractivity contribution is 6.33. The third-order valence-corrected chi connectivity index (χ3v) is 2.94. The van der Waals surface area contributed by atoms with E-state index in [-0.39, 0.29) is 10.9 Å². The van der Waals surface area contributed by atoms with Crippen LogP contribution in [0.4, 0.5) is 4.39 Å². The summed E-state index contributed by atoms with van der Waals surface area (Å²) in [6.45, 7) is 1.90. The number of nitrogens with zero attached hydrogens (tertiary/aromatic N) is 1. The fourth-order valence-electron chi connectivity index (χ4n) is 1.62. The SMILES string of the molecule is Cc1cccc(C(=O)NN=Cc2ccc(F)cc2Cl)c1. The summed E-state index contributed by atoms with van der Waals surface area (Å²) < 4.78 is 12.9. The first-order valence-electron chi connectivity index (χ1n) is 5.91. The summed E-state index contributed by atoms with van der Waals surface area (Å²) in [5, 5.41) is 4.04. The van der Waals surface area contributed by atoms with Gasteiger partial charge in [0.15, 0.2) is 0 Å². The molecule has 1 N–H and O–H groups in total. The summed E-state index contributed by atoms with van der Waals surface area (Å²) in [6.07, 6.45) is 1.37. The van der Waals surface area contributed by atoms with Crippen molar-refractivity contribution in [1.29, 1.82) is 0 Å². The van der Waals surface area contributed by atoms with E-state index in [1.807, 2.05) is 13.0 Å².